The van der Waals surface area contributed by atoms with Crippen LogP contribution in [-0.4, -0.2) is 31.3 Å². The van der Waals surface area contributed by atoms with E-state index < -0.39 is 5.91 Å². The fraction of sp³-hybridized carbons (Fsp3) is 0.286. The van der Waals surface area contributed by atoms with Gasteiger partial charge in [-0.2, -0.15) is 5.26 Å². The number of aliphatic hydroxyl groups is 1. The minimum atomic E-state index is -0.540. The zero-order valence-electron chi connectivity index (χ0n) is 11.4. The monoisotopic (exact) mass is 275 g/mol. The Morgan fingerprint density at radius 3 is 2.90 bits per heavy atom. The quantitative estimate of drug-likeness (QED) is 0.408. The van der Waals surface area contributed by atoms with Crippen LogP contribution in [0.5, 0.6) is 5.75 Å². The van der Waals surface area contributed by atoms with Crippen molar-refractivity contribution in [3.05, 3.63) is 35.5 Å². The third-order valence-corrected chi connectivity index (χ3v) is 2.47. The molecular formula is C14H17N3O3. The molecule has 6 heteroatoms. The number of nitriles is 1. The highest BCUT2D eigenvalue weighted by atomic mass is 16.5. The first kappa shape index (κ1) is 15.5. The van der Waals surface area contributed by atoms with E-state index in [0.717, 1.165) is 5.56 Å². The lowest BCUT2D eigenvalue weighted by molar-refractivity contribution is -0.112. The number of ether oxygens (including phenoxy) is 1. The van der Waals surface area contributed by atoms with E-state index in [-0.39, 0.29) is 18.7 Å². The second kappa shape index (κ2) is 7.81. The van der Waals surface area contributed by atoms with Gasteiger partial charge in [0.1, 0.15) is 17.4 Å². The number of hydrogen-bond donors (Lipinski definition) is 3. The van der Waals surface area contributed by atoms with Crippen LogP contribution in [0.2, 0.25) is 0 Å². The Hall–Kier alpha value is -2.52. The second-order valence-corrected chi connectivity index (χ2v) is 4.01. The molecule has 0 heterocycles. The van der Waals surface area contributed by atoms with E-state index in [1.807, 2.05) is 13.0 Å². The lowest BCUT2D eigenvalue weighted by atomic mass is 10.2. The van der Waals surface area contributed by atoms with Crippen LogP contribution in [0.1, 0.15) is 5.56 Å². The number of methoxy groups -OCH3 is 1. The molecule has 0 bridgehead atoms. The van der Waals surface area contributed by atoms with Crippen LogP contribution in [0.25, 0.3) is 0 Å². The maximum atomic E-state index is 12.0. The Balaban J connectivity index is 2.86. The van der Waals surface area contributed by atoms with Crippen LogP contribution in [0.3, 0.4) is 0 Å². The highest BCUT2D eigenvalue weighted by Gasteiger charge is 2.12. The standard InChI is InChI=1S/C14H17N3O3/c1-10-3-4-13(20-2)12(7-10)17-14(19)11(8-15)9-16-5-6-18/h3-4,7,9,16,18H,5-6H2,1-2H3,(H,17,19)/b11-9-. The highest BCUT2D eigenvalue weighted by molar-refractivity contribution is 6.07. The largest absolute Gasteiger partial charge is 0.495 e. The molecule has 0 aliphatic carbocycles. The predicted molar refractivity (Wildman–Crippen MR) is 75.1 cm³/mol. The third-order valence-electron chi connectivity index (χ3n) is 2.47. The van der Waals surface area contributed by atoms with Gasteiger partial charge in [0.05, 0.1) is 19.4 Å². The summed E-state index contributed by atoms with van der Waals surface area (Å²) < 4.78 is 5.15. The molecule has 0 spiro atoms. The summed E-state index contributed by atoms with van der Waals surface area (Å²) in [4.78, 5) is 12.0. The van der Waals surface area contributed by atoms with Gasteiger partial charge >= 0.3 is 0 Å². The summed E-state index contributed by atoms with van der Waals surface area (Å²) >= 11 is 0. The SMILES string of the molecule is COc1ccc(C)cc1NC(=O)/C(C#N)=C\NCCO. The number of aryl methyl sites for hydroxylation is 1. The Bertz CT molecular complexity index is 547. The van der Waals surface area contributed by atoms with Crippen molar-refractivity contribution in [1.29, 1.82) is 5.26 Å². The Labute approximate surface area is 117 Å². The van der Waals surface area contributed by atoms with E-state index in [2.05, 4.69) is 10.6 Å². The number of nitrogens with one attached hydrogen (secondary N) is 2. The molecule has 106 valence electrons. The summed E-state index contributed by atoms with van der Waals surface area (Å²) in [6, 6.07) is 7.15. The topological polar surface area (TPSA) is 94.4 Å². The smallest absolute Gasteiger partial charge is 0.267 e. The predicted octanol–water partition coefficient (Wildman–Crippen LogP) is 0.931. The zero-order chi connectivity index (χ0) is 15.0. The van der Waals surface area contributed by atoms with Gasteiger partial charge < -0.3 is 20.5 Å². The van der Waals surface area contributed by atoms with E-state index in [1.165, 1.54) is 13.3 Å². The molecule has 1 rings (SSSR count). The summed E-state index contributed by atoms with van der Waals surface area (Å²) in [5.74, 6) is -0.0219. The van der Waals surface area contributed by atoms with Crippen molar-refractivity contribution >= 4 is 11.6 Å². The number of amides is 1. The fourth-order valence-electron chi connectivity index (χ4n) is 1.50. The molecule has 6 nitrogen and oxygen atoms in total. The Morgan fingerprint density at radius 2 is 2.30 bits per heavy atom. The number of aliphatic hydroxyl groups excluding tert-OH is 1. The molecule has 0 saturated carbocycles. The average Bonchev–Trinajstić information content (AvgIpc) is 2.44. The first-order valence-electron chi connectivity index (χ1n) is 6.03. The second-order valence-electron chi connectivity index (χ2n) is 4.01. The van der Waals surface area contributed by atoms with Gasteiger partial charge in [0.25, 0.3) is 5.91 Å². The van der Waals surface area contributed by atoms with Crippen LogP contribution in [0, 0.1) is 18.3 Å². The number of rotatable bonds is 6. The molecular weight excluding hydrogens is 258 g/mol. The molecule has 1 amide bonds. The molecule has 3 N–H and O–H groups in total. The first-order chi connectivity index (χ1) is 9.62. The number of anilines is 1. The van der Waals surface area contributed by atoms with Crippen molar-refractivity contribution in [2.75, 3.05) is 25.6 Å². The van der Waals surface area contributed by atoms with Crippen molar-refractivity contribution in [3.8, 4) is 11.8 Å². The van der Waals surface area contributed by atoms with Gasteiger partial charge in [0.15, 0.2) is 0 Å². The first-order valence-corrected chi connectivity index (χ1v) is 6.03. The van der Waals surface area contributed by atoms with Gasteiger partial charge in [-0.1, -0.05) is 6.07 Å². The number of nitrogens with zero attached hydrogens (tertiary/aromatic N) is 1. The summed E-state index contributed by atoms with van der Waals surface area (Å²) in [6.45, 7) is 2.08. The molecule has 0 fully saturated rings. The molecule has 0 aromatic heterocycles. The number of benzene rings is 1. The molecule has 0 aliphatic heterocycles. The number of carbonyl (C=O) groups excluding carboxylic acids is 1. The Morgan fingerprint density at radius 1 is 1.55 bits per heavy atom. The van der Waals surface area contributed by atoms with E-state index in [0.29, 0.717) is 11.4 Å². The maximum absolute atomic E-state index is 12.0. The van der Waals surface area contributed by atoms with Crippen molar-refractivity contribution in [3.63, 3.8) is 0 Å². The van der Waals surface area contributed by atoms with E-state index in [4.69, 9.17) is 15.1 Å². The van der Waals surface area contributed by atoms with E-state index in [1.54, 1.807) is 18.2 Å². The highest BCUT2D eigenvalue weighted by Crippen LogP contribution is 2.25. The summed E-state index contributed by atoms with van der Waals surface area (Å²) in [5, 5.41) is 22.9. The molecule has 20 heavy (non-hydrogen) atoms. The van der Waals surface area contributed by atoms with Crippen molar-refractivity contribution in [2.24, 2.45) is 0 Å². The number of hydrogen-bond acceptors (Lipinski definition) is 5. The van der Waals surface area contributed by atoms with Gasteiger partial charge in [-0.25, -0.2) is 0 Å². The van der Waals surface area contributed by atoms with Gasteiger partial charge in [0, 0.05) is 12.7 Å². The van der Waals surface area contributed by atoms with Gasteiger partial charge in [-0.15, -0.1) is 0 Å². The molecule has 1 aromatic carbocycles. The zero-order valence-corrected chi connectivity index (χ0v) is 11.4. The van der Waals surface area contributed by atoms with Gasteiger partial charge in [-0.05, 0) is 24.6 Å². The van der Waals surface area contributed by atoms with Crippen LogP contribution in [-0.2, 0) is 4.79 Å². The van der Waals surface area contributed by atoms with Crippen LogP contribution in [0.15, 0.2) is 30.0 Å². The lowest BCUT2D eigenvalue weighted by Gasteiger charge is -2.10. The van der Waals surface area contributed by atoms with Crippen LogP contribution >= 0.6 is 0 Å². The van der Waals surface area contributed by atoms with Gasteiger partial charge in [0.2, 0.25) is 0 Å². The average molecular weight is 275 g/mol. The normalized spacial score (nSPS) is 10.6. The molecule has 1 aromatic rings. The van der Waals surface area contributed by atoms with E-state index in [9.17, 15) is 4.79 Å². The molecule has 0 aliphatic rings. The van der Waals surface area contributed by atoms with E-state index >= 15 is 0 Å². The molecule has 0 saturated heterocycles. The summed E-state index contributed by atoms with van der Waals surface area (Å²) in [5.41, 5.74) is 1.38. The molecule has 0 radical (unpaired) electrons. The molecule has 0 atom stereocenters. The van der Waals surface area contributed by atoms with Crippen molar-refractivity contribution in [2.45, 2.75) is 6.92 Å². The maximum Gasteiger partial charge on any atom is 0.267 e. The van der Waals surface area contributed by atoms with Crippen LogP contribution < -0.4 is 15.4 Å². The summed E-state index contributed by atoms with van der Waals surface area (Å²) in [7, 11) is 1.50. The number of carbonyl (C=O) groups is 1. The minimum absolute atomic E-state index is 0.0808. The minimum Gasteiger partial charge on any atom is -0.495 e. The van der Waals surface area contributed by atoms with Crippen LogP contribution in [0.4, 0.5) is 5.69 Å². The Kier molecular flexibility index (Phi) is 6.07. The van der Waals surface area contributed by atoms with Gasteiger partial charge in [-0.3, -0.25) is 4.79 Å². The summed E-state index contributed by atoms with van der Waals surface area (Å²) in [6.07, 6.45) is 1.27. The molecule has 0 unspecified atom stereocenters. The van der Waals surface area contributed by atoms with Crippen molar-refractivity contribution < 1.29 is 14.6 Å². The lowest BCUT2D eigenvalue weighted by Crippen LogP contribution is -2.18. The van der Waals surface area contributed by atoms with Crippen molar-refractivity contribution in [1.82, 2.24) is 5.32 Å². The fourth-order valence-corrected chi connectivity index (χ4v) is 1.50. The third kappa shape index (κ3) is 4.30.